The maximum atomic E-state index is 12.9. The van der Waals surface area contributed by atoms with Crippen LogP contribution in [-0.4, -0.2) is 45.7 Å². The van der Waals surface area contributed by atoms with Crippen LogP contribution >= 0.6 is 0 Å². The van der Waals surface area contributed by atoms with Crippen molar-refractivity contribution in [3.05, 3.63) is 28.0 Å². The third-order valence-corrected chi connectivity index (χ3v) is 3.87. The van der Waals surface area contributed by atoms with E-state index in [2.05, 4.69) is 4.98 Å². The van der Waals surface area contributed by atoms with E-state index in [1.165, 1.54) is 10.9 Å². The number of furan rings is 1. The van der Waals surface area contributed by atoms with E-state index in [0.29, 0.717) is 24.4 Å². The number of hydrogen-bond donors (Lipinski definition) is 0. The highest BCUT2D eigenvalue weighted by Gasteiger charge is 2.31. The van der Waals surface area contributed by atoms with Gasteiger partial charge in [0.1, 0.15) is 17.5 Å². The molecular formula is C15H19N3O4. The van der Waals surface area contributed by atoms with Crippen LogP contribution in [0.25, 0.3) is 11.1 Å². The van der Waals surface area contributed by atoms with Crippen molar-refractivity contribution < 1.29 is 13.9 Å². The number of amides is 1. The molecule has 7 nitrogen and oxygen atoms in total. The average molecular weight is 305 g/mol. The minimum atomic E-state index is -0.278. The number of aryl methyl sites for hydroxylation is 2. The van der Waals surface area contributed by atoms with Gasteiger partial charge in [-0.2, -0.15) is 0 Å². The van der Waals surface area contributed by atoms with E-state index in [4.69, 9.17) is 9.15 Å². The van der Waals surface area contributed by atoms with Crippen molar-refractivity contribution in [2.24, 2.45) is 7.05 Å². The average Bonchev–Trinajstić information content (AvgIpc) is 2.78. The molecule has 0 saturated carbocycles. The predicted molar refractivity (Wildman–Crippen MR) is 79.9 cm³/mol. The van der Waals surface area contributed by atoms with Crippen molar-refractivity contribution in [3.8, 4) is 0 Å². The summed E-state index contributed by atoms with van der Waals surface area (Å²) in [5.41, 5.74) is 0.239. The lowest BCUT2D eigenvalue weighted by molar-refractivity contribution is -0.0586. The summed E-state index contributed by atoms with van der Waals surface area (Å²) in [7, 11) is 1.60. The van der Waals surface area contributed by atoms with E-state index >= 15 is 0 Å². The van der Waals surface area contributed by atoms with Gasteiger partial charge in [0.2, 0.25) is 5.71 Å². The molecule has 0 aliphatic carbocycles. The van der Waals surface area contributed by atoms with Gasteiger partial charge in [-0.1, -0.05) is 0 Å². The number of carbonyl (C=O) groups excluding carboxylic acids is 1. The van der Waals surface area contributed by atoms with Gasteiger partial charge in [0.15, 0.2) is 0 Å². The molecule has 118 valence electrons. The van der Waals surface area contributed by atoms with Crippen LogP contribution in [0.3, 0.4) is 0 Å². The normalized spacial score (nSPS) is 22.3. The number of carbonyl (C=O) groups is 1. The van der Waals surface area contributed by atoms with Gasteiger partial charge in [-0.25, -0.2) is 4.98 Å². The van der Waals surface area contributed by atoms with Crippen LogP contribution in [0.2, 0.25) is 0 Å². The van der Waals surface area contributed by atoms with Crippen LogP contribution in [0.5, 0.6) is 0 Å². The van der Waals surface area contributed by atoms with E-state index < -0.39 is 0 Å². The summed E-state index contributed by atoms with van der Waals surface area (Å²) >= 11 is 0. The minimum absolute atomic E-state index is 0.0351. The number of nitrogens with zero attached hydrogens (tertiary/aromatic N) is 3. The Hall–Kier alpha value is -2.15. The van der Waals surface area contributed by atoms with Gasteiger partial charge in [0.05, 0.1) is 17.8 Å². The molecule has 0 bridgehead atoms. The molecule has 2 aromatic heterocycles. The zero-order valence-electron chi connectivity index (χ0n) is 13.1. The van der Waals surface area contributed by atoms with E-state index in [9.17, 15) is 9.59 Å². The Kier molecular flexibility index (Phi) is 3.52. The van der Waals surface area contributed by atoms with Crippen LogP contribution in [0, 0.1) is 6.92 Å². The zero-order chi connectivity index (χ0) is 16.0. The molecule has 3 heterocycles. The van der Waals surface area contributed by atoms with Gasteiger partial charge in [0, 0.05) is 20.1 Å². The van der Waals surface area contributed by atoms with E-state index in [-0.39, 0.29) is 34.8 Å². The van der Waals surface area contributed by atoms with Gasteiger partial charge < -0.3 is 18.6 Å². The summed E-state index contributed by atoms with van der Waals surface area (Å²) in [4.78, 5) is 31.0. The Labute approximate surface area is 127 Å². The van der Waals surface area contributed by atoms with Gasteiger partial charge in [-0.05, 0) is 20.8 Å². The molecule has 1 amide bonds. The Morgan fingerprint density at radius 3 is 2.59 bits per heavy atom. The summed E-state index contributed by atoms with van der Waals surface area (Å²) in [6, 6.07) is 0. The molecule has 1 fully saturated rings. The number of ether oxygens (including phenoxy) is 1. The molecule has 0 aromatic carbocycles. The SMILES string of the molecule is Cc1oc2ncn(C)c(=O)c2c1C(=O)N1C[C@H](C)O[C@@H](C)C1. The zero-order valence-corrected chi connectivity index (χ0v) is 13.1. The van der Waals surface area contributed by atoms with Crippen molar-refractivity contribution in [2.75, 3.05) is 13.1 Å². The Bertz CT molecular complexity index is 782. The molecule has 1 aliphatic heterocycles. The van der Waals surface area contributed by atoms with E-state index in [1.807, 2.05) is 13.8 Å². The van der Waals surface area contributed by atoms with Crippen molar-refractivity contribution in [3.63, 3.8) is 0 Å². The standard InChI is InChI=1S/C15H19N3O4/c1-8-5-18(6-9(2)21-8)15(20)11-10(3)22-13-12(11)14(19)17(4)7-16-13/h7-9H,5-6H2,1-4H3/t8-,9-/m0/s1. The largest absolute Gasteiger partial charge is 0.442 e. The molecule has 1 saturated heterocycles. The number of morpholine rings is 1. The van der Waals surface area contributed by atoms with E-state index in [0.717, 1.165) is 0 Å². The number of rotatable bonds is 1. The third-order valence-electron chi connectivity index (χ3n) is 3.87. The summed E-state index contributed by atoms with van der Waals surface area (Å²) < 4.78 is 12.5. The van der Waals surface area contributed by atoms with Crippen LogP contribution in [0.1, 0.15) is 30.0 Å². The first-order valence-electron chi connectivity index (χ1n) is 7.28. The lowest BCUT2D eigenvalue weighted by Crippen LogP contribution is -2.48. The van der Waals surface area contributed by atoms with Crippen molar-refractivity contribution >= 4 is 17.0 Å². The summed E-state index contributed by atoms with van der Waals surface area (Å²) in [5, 5.41) is 0.249. The van der Waals surface area contributed by atoms with Gasteiger partial charge >= 0.3 is 0 Å². The van der Waals surface area contributed by atoms with Crippen molar-refractivity contribution in [2.45, 2.75) is 33.0 Å². The smallest absolute Gasteiger partial charge is 0.265 e. The second-order valence-corrected chi connectivity index (χ2v) is 5.84. The maximum absolute atomic E-state index is 12.9. The molecule has 7 heteroatoms. The fourth-order valence-corrected chi connectivity index (χ4v) is 2.95. The van der Waals surface area contributed by atoms with Crippen molar-refractivity contribution in [1.29, 1.82) is 0 Å². The lowest BCUT2D eigenvalue weighted by Gasteiger charge is -2.35. The summed E-state index contributed by atoms with van der Waals surface area (Å²) in [5.74, 6) is 0.214. The number of fused-ring (bicyclic) bond motifs is 1. The molecule has 0 N–H and O–H groups in total. The second kappa shape index (κ2) is 5.24. The van der Waals surface area contributed by atoms with E-state index in [1.54, 1.807) is 18.9 Å². The molecule has 3 rings (SSSR count). The van der Waals surface area contributed by atoms with Crippen molar-refractivity contribution in [1.82, 2.24) is 14.5 Å². The van der Waals surface area contributed by atoms with Crippen LogP contribution in [0.15, 0.2) is 15.5 Å². The lowest BCUT2D eigenvalue weighted by atomic mass is 10.1. The fourth-order valence-electron chi connectivity index (χ4n) is 2.95. The molecule has 2 atom stereocenters. The fraction of sp³-hybridized carbons (Fsp3) is 0.533. The van der Waals surface area contributed by atoms with Crippen LogP contribution in [-0.2, 0) is 11.8 Å². The van der Waals surface area contributed by atoms with Crippen LogP contribution in [0.4, 0.5) is 0 Å². The van der Waals surface area contributed by atoms with Crippen LogP contribution < -0.4 is 5.56 Å². The quantitative estimate of drug-likeness (QED) is 0.788. The molecular weight excluding hydrogens is 286 g/mol. The first kappa shape index (κ1) is 14.8. The Morgan fingerprint density at radius 1 is 1.32 bits per heavy atom. The first-order valence-corrected chi connectivity index (χ1v) is 7.28. The van der Waals surface area contributed by atoms with Gasteiger partial charge in [0.25, 0.3) is 11.5 Å². The number of hydrogen-bond acceptors (Lipinski definition) is 5. The van der Waals surface area contributed by atoms with Gasteiger partial charge in [-0.15, -0.1) is 0 Å². The maximum Gasteiger partial charge on any atom is 0.265 e. The minimum Gasteiger partial charge on any atom is -0.442 e. The molecule has 2 aromatic rings. The monoisotopic (exact) mass is 305 g/mol. The third kappa shape index (κ3) is 2.31. The first-order chi connectivity index (χ1) is 10.4. The highest BCUT2D eigenvalue weighted by Crippen LogP contribution is 2.24. The van der Waals surface area contributed by atoms with Gasteiger partial charge in [-0.3, -0.25) is 9.59 Å². The predicted octanol–water partition coefficient (Wildman–Crippen LogP) is 1.08. The highest BCUT2D eigenvalue weighted by atomic mass is 16.5. The molecule has 0 radical (unpaired) electrons. The Morgan fingerprint density at radius 2 is 1.95 bits per heavy atom. The Balaban J connectivity index is 2.09. The molecule has 22 heavy (non-hydrogen) atoms. The highest BCUT2D eigenvalue weighted by molar-refractivity contribution is 6.06. The topological polar surface area (TPSA) is 77.6 Å². The number of aromatic nitrogens is 2. The molecule has 0 spiro atoms. The summed E-state index contributed by atoms with van der Waals surface area (Å²) in [6.07, 6.45) is 1.32. The molecule has 1 aliphatic rings. The molecule has 0 unspecified atom stereocenters. The summed E-state index contributed by atoms with van der Waals surface area (Å²) in [6.45, 7) is 6.53. The second-order valence-electron chi connectivity index (χ2n) is 5.84.